The number of rotatable bonds is 6. The van der Waals surface area contributed by atoms with Crippen LogP contribution in [0.2, 0.25) is 0 Å². The maximum absolute atomic E-state index is 13.2. The molecule has 0 bridgehead atoms. The number of aromatic nitrogens is 3. The van der Waals surface area contributed by atoms with Crippen LogP contribution in [0.3, 0.4) is 0 Å². The molecule has 1 aromatic heterocycles. The lowest BCUT2D eigenvalue weighted by Gasteiger charge is -2.39. The van der Waals surface area contributed by atoms with Gasteiger partial charge >= 0.3 is 0 Å². The Morgan fingerprint density at radius 3 is 2.34 bits per heavy atom. The Morgan fingerprint density at radius 1 is 1.14 bits per heavy atom. The van der Waals surface area contributed by atoms with Crippen LogP contribution in [-0.4, -0.2) is 50.1 Å². The molecule has 0 aliphatic heterocycles. The van der Waals surface area contributed by atoms with Gasteiger partial charge in [0.15, 0.2) is 0 Å². The first-order valence-corrected chi connectivity index (χ1v) is 10.2. The number of aryl methyl sites for hydroxylation is 1. The standard InChI is InChI=1S/C21H28FN5O2/c1-4-26(5-2)20(29)21(13-7-6-8-14-21)24-19(28)18-23-15(3)27(25-18)17-11-9-16(22)10-12-17/h9-12H,4-8,13-14H2,1-3H3,(H,24,28). The number of carbonyl (C=O) groups is 2. The summed E-state index contributed by atoms with van der Waals surface area (Å²) < 4.78 is 14.7. The number of halogens is 1. The highest BCUT2D eigenvalue weighted by Crippen LogP contribution is 2.30. The Kier molecular flexibility index (Phi) is 6.30. The molecule has 7 nitrogen and oxygen atoms in total. The lowest BCUT2D eigenvalue weighted by atomic mass is 9.80. The van der Waals surface area contributed by atoms with Gasteiger partial charge in [0.25, 0.3) is 5.91 Å². The number of likely N-dealkylation sites (N-methyl/N-ethyl adjacent to an activating group) is 1. The summed E-state index contributed by atoms with van der Waals surface area (Å²) in [6, 6.07) is 5.81. The van der Waals surface area contributed by atoms with Gasteiger partial charge in [0.2, 0.25) is 11.7 Å². The third-order valence-corrected chi connectivity index (χ3v) is 5.56. The van der Waals surface area contributed by atoms with E-state index in [0.717, 1.165) is 19.3 Å². The van der Waals surface area contributed by atoms with Crippen molar-refractivity contribution >= 4 is 11.8 Å². The summed E-state index contributed by atoms with van der Waals surface area (Å²) in [6.07, 6.45) is 4.07. The average molecular weight is 401 g/mol. The third kappa shape index (κ3) is 4.31. The Hall–Kier alpha value is -2.77. The molecule has 1 heterocycles. The van der Waals surface area contributed by atoms with Crippen molar-refractivity contribution in [1.82, 2.24) is 25.0 Å². The molecule has 1 aliphatic carbocycles. The fraction of sp³-hybridized carbons (Fsp3) is 0.524. The molecule has 3 rings (SSSR count). The largest absolute Gasteiger partial charge is 0.341 e. The van der Waals surface area contributed by atoms with Crippen LogP contribution in [0.25, 0.3) is 5.69 Å². The topological polar surface area (TPSA) is 80.1 Å². The molecule has 0 spiro atoms. The van der Waals surface area contributed by atoms with Crippen LogP contribution < -0.4 is 5.32 Å². The monoisotopic (exact) mass is 401 g/mol. The van der Waals surface area contributed by atoms with E-state index < -0.39 is 11.4 Å². The summed E-state index contributed by atoms with van der Waals surface area (Å²) in [6.45, 7) is 6.81. The summed E-state index contributed by atoms with van der Waals surface area (Å²) >= 11 is 0. The van der Waals surface area contributed by atoms with Gasteiger partial charge in [-0.05, 0) is 57.9 Å². The second kappa shape index (κ2) is 8.71. The van der Waals surface area contributed by atoms with Crippen LogP contribution in [0.15, 0.2) is 24.3 Å². The number of hydrogen-bond acceptors (Lipinski definition) is 4. The van der Waals surface area contributed by atoms with E-state index in [1.54, 1.807) is 24.0 Å². The van der Waals surface area contributed by atoms with Crippen molar-refractivity contribution in [1.29, 1.82) is 0 Å². The van der Waals surface area contributed by atoms with Gasteiger partial charge in [0.1, 0.15) is 17.2 Å². The minimum absolute atomic E-state index is 0.00382. The van der Waals surface area contributed by atoms with Crippen molar-refractivity contribution in [3.63, 3.8) is 0 Å². The van der Waals surface area contributed by atoms with Crippen molar-refractivity contribution < 1.29 is 14.0 Å². The number of benzene rings is 1. The Labute approximate surface area is 170 Å². The summed E-state index contributed by atoms with van der Waals surface area (Å²) in [7, 11) is 0. The maximum Gasteiger partial charge on any atom is 0.291 e. The van der Waals surface area contributed by atoms with Crippen LogP contribution in [0.1, 0.15) is 62.4 Å². The fourth-order valence-electron chi connectivity index (χ4n) is 3.95. The molecule has 1 aromatic carbocycles. The van der Waals surface area contributed by atoms with Gasteiger partial charge in [0, 0.05) is 13.1 Å². The second-order valence-corrected chi connectivity index (χ2v) is 7.45. The van der Waals surface area contributed by atoms with E-state index in [1.165, 1.54) is 16.8 Å². The Bertz CT molecular complexity index is 868. The van der Waals surface area contributed by atoms with E-state index in [9.17, 15) is 14.0 Å². The van der Waals surface area contributed by atoms with Gasteiger partial charge in [-0.25, -0.2) is 14.1 Å². The molecule has 1 N–H and O–H groups in total. The Balaban J connectivity index is 1.86. The van der Waals surface area contributed by atoms with Crippen molar-refractivity contribution in [2.45, 2.75) is 58.4 Å². The van der Waals surface area contributed by atoms with Crippen LogP contribution >= 0.6 is 0 Å². The number of hydrogen-bond donors (Lipinski definition) is 1. The number of amides is 2. The van der Waals surface area contributed by atoms with E-state index >= 15 is 0 Å². The molecule has 0 atom stereocenters. The molecule has 1 saturated carbocycles. The number of nitrogens with zero attached hydrogens (tertiary/aromatic N) is 4. The SMILES string of the molecule is CCN(CC)C(=O)C1(NC(=O)c2nc(C)n(-c3ccc(F)cc3)n2)CCCCC1. The van der Waals surface area contributed by atoms with Crippen molar-refractivity contribution in [3.05, 3.63) is 41.7 Å². The van der Waals surface area contributed by atoms with Crippen LogP contribution in [0.4, 0.5) is 4.39 Å². The van der Waals surface area contributed by atoms with Gasteiger partial charge in [-0.2, -0.15) is 0 Å². The van der Waals surface area contributed by atoms with E-state index in [2.05, 4.69) is 15.4 Å². The second-order valence-electron chi connectivity index (χ2n) is 7.45. The smallest absolute Gasteiger partial charge is 0.291 e. The van der Waals surface area contributed by atoms with Crippen molar-refractivity contribution in [2.75, 3.05) is 13.1 Å². The summed E-state index contributed by atoms with van der Waals surface area (Å²) in [5.74, 6) is -0.334. The van der Waals surface area contributed by atoms with Crippen LogP contribution in [0, 0.1) is 12.7 Å². The molecule has 156 valence electrons. The first-order chi connectivity index (χ1) is 13.9. The maximum atomic E-state index is 13.2. The minimum atomic E-state index is -0.906. The molecular formula is C21H28FN5O2. The lowest BCUT2D eigenvalue weighted by Crippen LogP contribution is -2.60. The molecule has 2 aromatic rings. The average Bonchev–Trinajstić information content (AvgIpc) is 3.12. The molecule has 0 unspecified atom stereocenters. The van der Waals surface area contributed by atoms with Gasteiger partial charge in [-0.15, -0.1) is 5.10 Å². The first kappa shape index (κ1) is 21.0. The molecule has 2 amide bonds. The Morgan fingerprint density at radius 2 is 1.76 bits per heavy atom. The lowest BCUT2D eigenvalue weighted by molar-refractivity contribution is -0.139. The van der Waals surface area contributed by atoms with Gasteiger partial charge in [-0.3, -0.25) is 9.59 Å². The zero-order chi connectivity index (χ0) is 21.0. The van der Waals surface area contributed by atoms with Gasteiger partial charge in [0.05, 0.1) is 5.69 Å². The first-order valence-electron chi connectivity index (χ1n) is 10.2. The van der Waals surface area contributed by atoms with E-state index in [1.807, 2.05) is 13.8 Å². The van der Waals surface area contributed by atoms with Crippen LogP contribution in [-0.2, 0) is 4.79 Å². The molecule has 0 saturated heterocycles. The van der Waals surface area contributed by atoms with E-state index in [-0.39, 0.29) is 17.5 Å². The van der Waals surface area contributed by atoms with E-state index in [0.29, 0.717) is 37.4 Å². The highest BCUT2D eigenvalue weighted by atomic mass is 19.1. The molecule has 1 fully saturated rings. The zero-order valence-corrected chi connectivity index (χ0v) is 17.2. The quantitative estimate of drug-likeness (QED) is 0.807. The van der Waals surface area contributed by atoms with Gasteiger partial charge < -0.3 is 10.2 Å². The fourth-order valence-corrected chi connectivity index (χ4v) is 3.95. The molecule has 0 radical (unpaired) electrons. The summed E-state index contributed by atoms with van der Waals surface area (Å²) in [4.78, 5) is 32.2. The molecular weight excluding hydrogens is 373 g/mol. The van der Waals surface area contributed by atoms with Crippen LogP contribution in [0.5, 0.6) is 0 Å². The number of nitrogens with one attached hydrogen (secondary N) is 1. The predicted octanol–water partition coefficient (Wildman–Crippen LogP) is 3.02. The molecule has 8 heteroatoms. The normalized spacial score (nSPS) is 15.7. The minimum Gasteiger partial charge on any atom is -0.341 e. The molecule has 29 heavy (non-hydrogen) atoms. The predicted molar refractivity (Wildman–Crippen MR) is 107 cm³/mol. The van der Waals surface area contributed by atoms with Gasteiger partial charge in [-0.1, -0.05) is 19.3 Å². The highest BCUT2D eigenvalue weighted by molar-refractivity contribution is 5.97. The zero-order valence-electron chi connectivity index (χ0n) is 17.2. The number of carbonyl (C=O) groups excluding carboxylic acids is 2. The summed E-state index contributed by atoms with van der Waals surface area (Å²) in [5, 5.41) is 7.27. The summed E-state index contributed by atoms with van der Waals surface area (Å²) in [5.41, 5.74) is -0.293. The van der Waals surface area contributed by atoms with Crippen molar-refractivity contribution in [3.8, 4) is 5.69 Å². The highest BCUT2D eigenvalue weighted by Gasteiger charge is 2.43. The van der Waals surface area contributed by atoms with Crippen molar-refractivity contribution in [2.24, 2.45) is 0 Å². The van der Waals surface area contributed by atoms with E-state index in [4.69, 9.17) is 0 Å². The molecule has 1 aliphatic rings. The third-order valence-electron chi connectivity index (χ3n) is 5.56.